The van der Waals surface area contributed by atoms with E-state index in [1.807, 2.05) is 5.38 Å². The number of nitrogens with one attached hydrogen (secondary N) is 1. The molecule has 0 bridgehead atoms. The van der Waals surface area contributed by atoms with Crippen molar-refractivity contribution in [1.29, 1.82) is 0 Å². The van der Waals surface area contributed by atoms with Crippen LogP contribution in [-0.2, 0) is 6.18 Å². The van der Waals surface area contributed by atoms with Gasteiger partial charge >= 0.3 is 6.18 Å². The Kier molecular flexibility index (Phi) is 3.61. The van der Waals surface area contributed by atoms with Crippen molar-refractivity contribution in [2.24, 2.45) is 0 Å². The van der Waals surface area contributed by atoms with Crippen LogP contribution < -0.4 is 5.32 Å². The van der Waals surface area contributed by atoms with Gasteiger partial charge in [0.25, 0.3) is 5.78 Å². The van der Waals surface area contributed by atoms with E-state index in [2.05, 4.69) is 25.4 Å². The van der Waals surface area contributed by atoms with Crippen molar-refractivity contribution in [1.82, 2.24) is 24.6 Å². The zero-order chi connectivity index (χ0) is 17.4. The van der Waals surface area contributed by atoms with Crippen LogP contribution in [0.3, 0.4) is 0 Å². The fraction of sp³-hybridized carbons (Fsp3) is 0.0667. The summed E-state index contributed by atoms with van der Waals surface area (Å²) in [5.74, 6) is 0.596. The van der Waals surface area contributed by atoms with Gasteiger partial charge in [-0.15, -0.1) is 16.4 Å². The Morgan fingerprint density at radius 3 is 2.48 bits per heavy atom. The van der Waals surface area contributed by atoms with Crippen LogP contribution in [0.5, 0.6) is 0 Å². The number of hydrogen-bond acceptors (Lipinski definition) is 6. The van der Waals surface area contributed by atoms with E-state index in [0.29, 0.717) is 11.5 Å². The summed E-state index contributed by atoms with van der Waals surface area (Å²) in [7, 11) is 0. The molecule has 0 saturated carbocycles. The Bertz CT molecular complexity index is 1010. The Hall–Kier alpha value is -3.01. The van der Waals surface area contributed by atoms with Crippen LogP contribution in [0.4, 0.5) is 24.8 Å². The van der Waals surface area contributed by atoms with E-state index in [0.717, 1.165) is 22.8 Å². The number of nitrogens with zero attached hydrogens (tertiary/aromatic N) is 5. The maximum Gasteiger partial charge on any atom is 0.416 e. The van der Waals surface area contributed by atoms with Gasteiger partial charge in [0.15, 0.2) is 0 Å². The molecule has 1 N–H and O–H groups in total. The third-order valence-electron chi connectivity index (χ3n) is 3.36. The van der Waals surface area contributed by atoms with Crippen LogP contribution in [-0.4, -0.2) is 24.6 Å². The second-order valence-electron chi connectivity index (χ2n) is 5.01. The molecule has 0 amide bonds. The number of fused-ring (bicyclic) bond motifs is 1. The second kappa shape index (κ2) is 5.81. The summed E-state index contributed by atoms with van der Waals surface area (Å²) in [5.41, 5.74) is 0.460. The highest BCUT2D eigenvalue weighted by molar-refractivity contribution is 7.13. The number of anilines is 2. The Balaban J connectivity index is 1.65. The topological polar surface area (TPSA) is 68.0 Å². The molecule has 0 aliphatic rings. The summed E-state index contributed by atoms with van der Waals surface area (Å²) in [6.07, 6.45) is -1.08. The molecule has 1 aromatic carbocycles. The molecule has 126 valence electrons. The van der Waals surface area contributed by atoms with Crippen molar-refractivity contribution in [3.63, 3.8) is 0 Å². The molecule has 0 aliphatic heterocycles. The van der Waals surface area contributed by atoms with Crippen molar-refractivity contribution in [2.45, 2.75) is 6.18 Å². The van der Waals surface area contributed by atoms with E-state index >= 15 is 0 Å². The van der Waals surface area contributed by atoms with Crippen LogP contribution in [0.1, 0.15) is 5.56 Å². The summed E-state index contributed by atoms with van der Waals surface area (Å²) in [6, 6.07) is 6.41. The molecule has 6 nitrogen and oxygen atoms in total. The summed E-state index contributed by atoms with van der Waals surface area (Å²) in [6.45, 7) is 0. The van der Waals surface area contributed by atoms with Gasteiger partial charge in [-0.2, -0.15) is 22.7 Å². The summed E-state index contributed by atoms with van der Waals surface area (Å²) < 4.78 is 39.3. The van der Waals surface area contributed by atoms with Gasteiger partial charge in [-0.1, -0.05) is 0 Å². The van der Waals surface area contributed by atoms with E-state index in [1.54, 1.807) is 18.5 Å². The number of thiazole rings is 1. The number of aromatic nitrogens is 5. The highest BCUT2D eigenvalue weighted by Gasteiger charge is 2.29. The lowest BCUT2D eigenvalue weighted by Gasteiger charge is -2.07. The van der Waals surface area contributed by atoms with Crippen LogP contribution in [0.2, 0.25) is 0 Å². The number of benzene rings is 1. The van der Waals surface area contributed by atoms with E-state index in [-0.39, 0.29) is 5.95 Å². The summed E-state index contributed by atoms with van der Waals surface area (Å²) in [4.78, 5) is 12.6. The first-order chi connectivity index (χ1) is 12.0. The molecule has 4 aromatic rings. The molecular weight excluding hydrogens is 353 g/mol. The quantitative estimate of drug-likeness (QED) is 0.596. The number of hydrogen-bond donors (Lipinski definition) is 1. The Morgan fingerprint density at radius 1 is 1.00 bits per heavy atom. The molecular formula is C15H9F3N6S. The van der Waals surface area contributed by atoms with Gasteiger partial charge < -0.3 is 5.32 Å². The van der Waals surface area contributed by atoms with Crippen molar-refractivity contribution in [3.05, 3.63) is 53.7 Å². The highest BCUT2D eigenvalue weighted by atomic mass is 32.1. The maximum absolute atomic E-state index is 12.6. The van der Waals surface area contributed by atoms with Crippen molar-refractivity contribution in [2.75, 3.05) is 5.32 Å². The third-order valence-corrected chi connectivity index (χ3v) is 4.16. The zero-order valence-corrected chi connectivity index (χ0v) is 13.2. The van der Waals surface area contributed by atoms with Gasteiger partial charge in [0.2, 0.25) is 5.95 Å². The summed E-state index contributed by atoms with van der Waals surface area (Å²) in [5, 5.41) is 9.80. The van der Waals surface area contributed by atoms with E-state index < -0.39 is 11.7 Å². The lowest BCUT2D eigenvalue weighted by Crippen LogP contribution is -2.04. The van der Waals surface area contributed by atoms with Gasteiger partial charge in [-0.05, 0) is 30.3 Å². The molecule has 0 fully saturated rings. The smallest absolute Gasteiger partial charge is 0.323 e. The van der Waals surface area contributed by atoms with Crippen LogP contribution in [0.15, 0.2) is 48.1 Å². The molecule has 3 aromatic heterocycles. The molecule has 0 unspecified atom stereocenters. The minimum Gasteiger partial charge on any atom is -0.323 e. The van der Waals surface area contributed by atoms with Crippen LogP contribution >= 0.6 is 11.3 Å². The monoisotopic (exact) mass is 362 g/mol. The van der Waals surface area contributed by atoms with E-state index in [4.69, 9.17) is 0 Å². The lowest BCUT2D eigenvalue weighted by molar-refractivity contribution is -0.137. The Labute approximate surface area is 143 Å². The first-order valence-corrected chi connectivity index (χ1v) is 7.94. The van der Waals surface area contributed by atoms with Gasteiger partial charge in [0, 0.05) is 23.5 Å². The normalized spacial score (nSPS) is 11.8. The molecule has 10 heteroatoms. The zero-order valence-electron chi connectivity index (χ0n) is 12.4. The van der Waals surface area contributed by atoms with Crippen LogP contribution in [0.25, 0.3) is 16.5 Å². The third kappa shape index (κ3) is 3.03. The average molecular weight is 362 g/mol. The molecule has 25 heavy (non-hydrogen) atoms. The first-order valence-electron chi connectivity index (χ1n) is 7.07. The number of halogens is 3. The first kappa shape index (κ1) is 15.5. The molecule has 0 aliphatic carbocycles. The van der Waals surface area contributed by atoms with Gasteiger partial charge in [0.05, 0.1) is 5.56 Å². The number of rotatable bonds is 3. The van der Waals surface area contributed by atoms with Crippen molar-refractivity contribution < 1.29 is 13.2 Å². The van der Waals surface area contributed by atoms with Crippen molar-refractivity contribution in [3.8, 4) is 10.7 Å². The SMILES string of the molecule is FC(F)(F)c1ccc(Nc2nc3nccc(-c4nccs4)n3n2)cc1. The van der Waals surface area contributed by atoms with Gasteiger partial charge in [-0.3, -0.25) is 0 Å². The largest absolute Gasteiger partial charge is 0.416 e. The Morgan fingerprint density at radius 2 is 1.80 bits per heavy atom. The molecule has 0 spiro atoms. The molecule has 4 rings (SSSR count). The molecule has 0 atom stereocenters. The van der Waals surface area contributed by atoms with E-state index in [9.17, 15) is 13.2 Å². The van der Waals surface area contributed by atoms with Crippen LogP contribution in [0, 0.1) is 0 Å². The predicted molar refractivity (Wildman–Crippen MR) is 86.6 cm³/mol. The molecule has 0 radical (unpaired) electrons. The van der Waals surface area contributed by atoms with Gasteiger partial charge in [-0.25, -0.2) is 9.97 Å². The summed E-state index contributed by atoms with van der Waals surface area (Å²) >= 11 is 1.45. The second-order valence-corrected chi connectivity index (χ2v) is 5.91. The van der Waals surface area contributed by atoms with Gasteiger partial charge in [0.1, 0.15) is 10.7 Å². The minimum absolute atomic E-state index is 0.233. The minimum atomic E-state index is -4.37. The highest BCUT2D eigenvalue weighted by Crippen LogP contribution is 2.30. The lowest BCUT2D eigenvalue weighted by atomic mass is 10.2. The standard InChI is InChI=1S/C15H9F3N6S/c16-15(17,18)9-1-3-10(4-2-9)21-13-22-14-20-6-5-11(24(14)23-13)12-19-7-8-25-12/h1-8H,(H,21,23). The average Bonchev–Trinajstić information content (AvgIpc) is 3.23. The molecule has 3 heterocycles. The fourth-order valence-electron chi connectivity index (χ4n) is 2.23. The fourth-order valence-corrected chi connectivity index (χ4v) is 2.88. The molecule has 0 saturated heterocycles. The number of alkyl halides is 3. The predicted octanol–water partition coefficient (Wildman–Crippen LogP) is 4.01. The van der Waals surface area contributed by atoms with Crippen molar-refractivity contribution >= 4 is 28.8 Å². The maximum atomic E-state index is 12.6. The van der Waals surface area contributed by atoms with E-state index in [1.165, 1.54) is 28.0 Å².